The fourth-order valence-corrected chi connectivity index (χ4v) is 4.57. The van der Waals surface area contributed by atoms with E-state index in [-0.39, 0.29) is 17.5 Å². The van der Waals surface area contributed by atoms with Crippen LogP contribution in [0.2, 0.25) is 0 Å². The Morgan fingerprint density at radius 2 is 2.00 bits per heavy atom. The molecule has 1 fully saturated rings. The molecule has 1 aliphatic rings. The Morgan fingerprint density at radius 1 is 1.24 bits per heavy atom. The highest BCUT2D eigenvalue weighted by molar-refractivity contribution is 7.15. The summed E-state index contributed by atoms with van der Waals surface area (Å²) in [6.45, 7) is 2.57. The standard InChI is InChI=1S/C23H21N5O4S/c1-2-15-7-3-5-9-18(15)27-14-17(13-21(27)30)22-25-26-23(33-22)24-20(29)12-11-16-8-4-6-10-19(16)28(31)32/h3-12,17H,2,13-14H2,1H3,(H,24,26,29)/b12-11+. The second kappa shape index (κ2) is 9.70. The van der Waals surface area contributed by atoms with Crippen molar-refractivity contribution >= 4 is 45.7 Å². The van der Waals surface area contributed by atoms with Crippen molar-refractivity contribution in [3.05, 3.63) is 80.9 Å². The summed E-state index contributed by atoms with van der Waals surface area (Å²) in [5.41, 5.74) is 2.28. The Balaban J connectivity index is 1.42. The fourth-order valence-electron chi connectivity index (χ4n) is 3.74. The molecule has 1 aliphatic heterocycles. The minimum Gasteiger partial charge on any atom is -0.311 e. The lowest BCUT2D eigenvalue weighted by atomic mass is 10.1. The van der Waals surface area contributed by atoms with Gasteiger partial charge >= 0.3 is 0 Å². The molecule has 33 heavy (non-hydrogen) atoms. The van der Waals surface area contributed by atoms with Crippen LogP contribution in [-0.2, 0) is 16.0 Å². The van der Waals surface area contributed by atoms with Gasteiger partial charge in [0.15, 0.2) is 0 Å². The molecule has 0 bridgehead atoms. The number of amides is 2. The molecular formula is C23H21N5O4S. The number of aromatic nitrogens is 2. The molecule has 1 unspecified atom stereocenters. The van der Waals surface area contributed by atoms with E-state index in [1.807, 2.05) is 24.3 Å². The van der Waals surface area contributed by atoms with Gasteiger partial charge in [0.1, 0.15) is 5.01 Å². The molecule has 0 aliphatic carbocycles. The van der Waals surface area contributed by atoms with Crippen molar-refractivity contribution in [2.45, 2.75) is 25.7 Å². The second-order valence-corrected chi connectivity index (χ2v) is 8.48. The van der Waals surface area contributed by atoms with Crippen LogP contribution in [0.15, 0.2) is 54.6 Å². The topological polar surface area (TPSA) is 118 Å². The van der Waals surface area contributed by atoms with Crippen molar-refractivity contribution in [3.8, 4) is 0 Å². The van der Waals surface area contributed by atoms with Crippen LogP contribution in [0.3, 0.4) is 0 Å². The monoisotopic (exact) mass is 463 g/mol. The Bertz CT molecular complexity index is 1240. The Kier molecular flexibility index (Phi) is 6.55. The summed E-state index contributed by atoms with van der Waals surface area (Å²) in [5.74, 6) is -0.543. The van der Waals surface area contributed by atoms with Gasteiger partial charge in [-0.3, -0.25) is 25.0 Å². The summed E-state index contributed by atoms with van der Waals surface area (Å²) in [5, 5.41) is 22.9. The maximum atomic E-state index is 12.7. The first-order chi connectivity index (χ1) is 16.0. The molecule has 4 rings (SSSR count). The van der Waals surface area contributed by atoms with E-state index in [2.05, 4.69) is 22.4 Å². The highest BCUT2D eigenvalue weighted by Gasteiger charge is 2.34. The van der Waals surface area contributed by atoms with Crippen LogP contribution in [-0.4, -0.2) is 33.5 Å². The number of nitro benzene ring substituents is 1. The van der Waals surface area contributed by atoms with Gasteiger partial charge in [0, 0.05) is 36.7 Å². The molecule has 1 N–H and O–H groups in total. The number of aryl methyl sites for hydroxylation is 1. The minimum atomic E-state index is -0.500. The Hall–Kier alpha value is -3.92. The molecule has 2 heterocycles. The van der Waals surface area contributed by atoms with Crippen molar-refractivity contribution in [1.82, 2.24) is 10.2 Å². The maximum Gasteiger partial charge on any atom is 0.276 e. The number of para-hydroxylation sites is 2. The third-order valence-electron chi connectivity index (χ3n) is 5.36. The summed E-state index contributed by atoms with van der Waals surface area (Å²) in [4.78, 5) is 37.3. The number of nitro groups is 1. The van der Waals surface area contributed by atoms with Crippen molar-refractivity contribution in [1.29, 1.82) is 0 Å². The summed E-state index contributed by atoms with van der Waals surface area (Å²) < 4.78 is 0. The zero-order chi connectivity index (χ0) is 23.4. The largest absolute Gasteiger partial charge is 0.311 e. The number of benzene rings is 2. The molecule has 1 aromatic heterocycles. The molecule has 9 nitrogen and oxygen atoms in total. The fraction of sp³-hybridized carbons (Fsp3) is 0.217. The van der Waals surface area contributed by atoms with Crippen LogP contribution in [0.5, 0.6) is 0 Å². The van der Waals surface area contributed by atoms with Gasteiger partial charge < -0.3 is 4.90 Å². The molecule has 1 atom stereocenters. The van der Waals surface area contributed by atoms with E-state index in [4.69, 9.17) is 0 Å². The minimum absolute atomic E-state index is 0.0362. The summed E-state index contributed by atoms with van der Waals surface area (Å²) in [6, 6.07) is 14.0. The van der Waals surface area contributed by atoms with Crippen LogP contribution >= 0.6 is 11.3 Å². The number of carbonyl (C=O) groups excluding carboxylic acids is 2. The maximum absolute atomic E-state index is 12.7. The zero-order valence-electron chi connectivity index (χ0n) is 17.8. The van der Waals surface area contributed by atoms with Gasteiger partial charge in [-0.2, -0.15) is 0 Å². The lowest BCUT2D eigenvalue weighted by Crippen LogP contribution is -2.25. The normalized spacial score (nSPS) is 15.8. The Labute approximate surface area is 193 Å². The lowest BCUT2D eigenvalue weighted by molar-refractivity contribution is -0.385. The molecule has 2 aromatic carbocycles. The van der Waals surface area contributed by atoms with E-state index in [0.29, 0.717) is 28.7 Å². The van der Waals surface area contributed by atoms with Gasteiger partial charge in [-0.15, -0.1) is 10.2 Å². The van der Waals surface area contributed by atoms with E-state index < -0.39 is 10.8 Å². The van der Waals surface area contributed by atoms with Gasteiger partial charge in [-0.05, 0) is 30.2 Å². The van der Waals surface area contributed by atoms with E-state index in [0.717, 1.165) is 17.7 Å². The highest BCUT2D eigenvalue weighted by Crippen LogP contribution is 2.35. The predicted octanol–water partition coefficient (Wildman–Crippen LogP) is 4.18. The average Bonchev–Trinajstić information content (AvgIpc) is 3.44. The smallest absolute Gasteiger partial charge is 0.276 e. The molecule has 0 spiro atoms. The van der Waals surface area contributed by atoms with Crippen LogP contribution in [0.1, 0.15) is 35.4 Å². The van der Waals surface area contributed by atoms with E-state index in [1.165, 1.54) is 29.6 Å². The van der Waals surface area contributed by atoms with Crippen LogP contribution in [0, 0.1) is 10.1 Å². The van der Waals surface area contributed by atoms with Crippen molar-refractivity contribution < 1.29 is 14.5 Å². The predicted molar refractivity (Wildman–Crippen MR) is 126 cm³/mol. The number of nitrogens with zero attached hydrogens (tertiary/aromatic N) is 4. The average molecular weight is 464 g/mol. The zero-order valence-corrected chi connectivity index (χ0v) is 18.6. The number of anilines is 2. The number of hydrogen-bond donors (Lipinski definition) is 1. The van der Waals surface area contributed by atoms with Gasteiger partial charge in [0.25, 0.3) is 5.69 Å². The molecule has 1 saturated heterocycles. The first-order valence-electron chi connectivity index (χ1n) is 10.4. The number of hydrogen-bond acceptors (Lipinski definition) is 7. The molecule has 168 valence electrons. The molecule has 0 radical (unpaired) electrons. The summed E-state index contributed by atoms with van der Waals surface area (Å²) in [7, 11) is 0. The van der Waals surface area contributed by atoms with E-state index >= 15 is 0 Å². The third kappa shape index (κ3) is 4.96. The summed E-state index contributed by atoms with van der Waals surface area (Å²) in [6.07, 6.45) is 3.76. The molecular weight excluding hydrogens is 442 g/mol. The third-order valence-corrected chi connectivity index (χ3v) is 6.36. The molecule has 2 amide bonds. The van der Waals surface area contributed by atoms with Gasteiger partial charge in [0.05, 0.1) is 10.5 Å². The van der Waals surface area contributed by atoms with Crippen LogP contribution in [0.4, 0.5) is 16.5 Å². The van der Waals surface area contributed by atoms with Gasteiger partial charge in [0.2, 0.25) is 16.9 Å². The van der Waals surface area contributed by atoms with Crippen LogP contribution < -0.4 is 10.2 Å². The molecule has 10 heteroatoms. The number of rotatable bonds is 7. The van der Waals surface area contributed by atoms with Crippen LogP contribution in [0.25, 0.3) is 6.08 Å². The van der Waals surface area contributed by atoms with E-state index in [9.17, 15) is 19.7 Å². The van der Waals surface area contributed by atoms with Crippen molar-refractivity contribution in [3.63, 3.8) is 0 Å². The quantitative estimate of drug-likeness (QED) is 0.319. The Morgan fingerprint density at radius 3 is 2.79 bits per heavy atom. The molecule has 0 saturated carbocycles. The first-order valence-corrected chi connectivity index (χ1v) is 11.2. The number of nitrogens with one attached hydrogen (secondary N) is 1. The second-order valence-electron chi connectivity index (χ2n) is 7.47. The van der Waals surface area contributed by atoms with Gasteiger partial charge in [-0.1, -0.05) is 48.6 Å². The summed E-state index contributed by atoms with van der Waals surface area (Å²) >= 11 is 1.22. The highest BCUT2D eigenvalue weighted by atomic mass is 32.1. The van der Waals surface area contributed by atoms with Crippen molar-refractivity contribution in [2.24, 2.45) is 0 Å². The van der Waals surface area contributed by atoms with Gasteiger partial charge in [-0.25, -0.2) is 0 Å². The molecule has 3 aromatic rings. The SMILES string of the molecule is CCc1ccccc1N1CC(c2nnc(NC(=O)/C=C/c3ccccc3[N+](=O)[O-])s2)CC1=O. The lowest BCUT2D eigenvalue weighted by Gasteiger charge is -2.19. The first kappa shape index (κ1) is 22.3. The van der Waals surface area contributed by atoms with Crippen molar-refractivity contribution in [2.75, 3.05) is 16.8 Å². The van der Waals surface area contributed by atoms with E-state index in [1.54, 1.807) is 23.1 Å². The number of carbonyl (C=O) groups is 2.